The third kappa shape index (κ3) is 3.97. The summed E-state index contributed by atoms with van der Waals surface area (Å²) >= 11 is 0. The summed E-state index contributed by atoms with van der Waals surface area (Å²) in [6.45, 7) is 7.97. The molecule has 0 bridgehead atoms. The third-order valence-electron chi connectivity index (χ3n) is 3.53. The van der Waals surface area contributed by atoms with E-state index in [9.17, 15) is 10.2 Å². The molecule has 0 radical (unpaired) electrons. The molecule has 0 aliphatic carbocycles. The molecule has 0 aromatic rings. The lowest BCUT2D eigenvalue weighted by Gasteiger charge is -2.31. The Labute approximate surface area is 88.3 Å². The number of aliphatic hydroxyl groups is 2. The largest absolute Gasteiger partial charge is 0.390 e. The SMILES string of the molecule is CCC(CC)CCC(O)(CC)C(C)O. The van der Waals surface area contributed by atoms with Crippen LogP contribution in [0.15, 0.2) is 0 Å². The lowest BCUT2D eigenvalue weighted by atomic mass is 9.85. The zero-order valence-electron chi connectivity index (χ0n) is 10.1. The molecule has 2 unspecified atom stereocenters. The van der Waals surface area contributed by atoms with Crippen molar-refractivity contribution in [2.45, 2.75) is 71.5 Å². The highest BCUT2D eigenvalue weighted by Gasteiger charge is 2.30. The van der Waals surface area contributed by atoms with E-state index >= 15 is 0 Å². The van der Waals surface area contributed by atoms with Gasteiger partial charge in [-0.1, -0.05) is 33.6 Å². The van der Waals surface area contributed by atoms with Crippen LogP contribution in [0.4, 0.5) is 0 Å². The van der Waals surface area contributed by atoms with E-state index in [2.05, 4.69) is 13.8 Å². The highest BCUT2D eigenvalue weighted by Crippen LogP contribution is 2.26. The topological polar surface area (TPSA) is 40.5 Å². The first-order chi connectivity index (χ1) is 6.50. The Morgan fingerprint density at radius 1 is 1.14 bits per heavy atom. The van der Waals surface area contributed by atoms with Gasteiger partial charge in [-0.05, 0) is 32.1 Å². The first-order valence-corrected chi connectivity index (χ1v) is 5.90. The van der Waals surface area contributed by atoms with Gasteiger partial charge in [0.1, 0.15) is 0 Å². The Bertz CT molecular complexity index is 141. The molecule has 2 N–H and O–H groups in total. The number of aliphatic hydroxyl groups excluding tert-OH is 1. The van der Waals surface area contributed by atoms with Gasteiger partial charge in [-0.25, -0.2) is 0 Å². The molecular weight excluding hydrogens is 176 g/mol. The Hall–Kier alpha value is -0.0800. The molecule has 0 aliphatic rings. The van der Waals surface area contributed by atoms with E-state index in [1.165, 1.54) is 0 Å². The molecule has 0 fully saturated rings. The Morgan fingerprint density at radius 3 is 1.93 bits per heavy atom. The van der Waals surface area contributed by atoms with Crippen LogP contribution in [0.2, 0.25) is 0 Å². The predicted octanol–water partition coefficient (Wildman–Crippen LogP) is 2.72. The van der Waals surface area contributed by atoms with Gasteiger partial charge in [0.05, 0.1) is 11.7 Å². The molecule has 2 heteroatoms. The van der Waals surface area contributed by atoms with Crippen LogP contribution in [-0.4, -0.2) is 21.9 Å². The van der Waals surface area contributed by atoms with Crippen molar-refractivity contribution in [3.05, 3.63) is 0 Å². The molecule has 0 aromatic heterocycles. The van der Waals surface area contributed by atoms with E-state index in [-0.39, 0.29) is 0 Å². The fourth-order valence-electron chi connectivity index (χ4n) is 1.83. The van der Waals surface area contributed by atoms with Crippen molar-refractivity contribution in [3.8, 4) is 0 Å². The van der Waals surface area contributed by atoms with E-state index < -0.39 is 11.7 Å². The maximum atomic E-state index is 10.1. The van der Waals surface area contributed by atoms with Gasteiger partial charge < -0.3 is 10.2 Å². The normalized spacial score (nSPS) is 18.2. The van der Waals surface area contributed by atoms with E-state index in [1.807, 2.05) is 6.92 Å². The molecule has 0 aliphatic heterocycles. The fraction of sp³-hybridized carbons (Fsp3) is 1.00. The summed E-state index contributed by atoms with van der Waals surface area (Å²) in [5.41, 5.74) is -0.872. The summed E-state index contributed by atoms with van der Waals surface area (Å²) in [4.78, 5) is 0. The van der Waals surface area contributed by atoms with Crippen LogP contribution in [0.25, 0.3) is 0 Å². The smallest absolute Gasteiger partial charge is 0.0900 e. The van der Waals surface area contributed by atoms with Gasteiger partial charge in [-0.2, -0.15) is 0 Å². The van der Waals surface area contributed by atoms with Crippen molar-refractivity contribution in [3.63, 3.8) is 0 Å². The Kier molecular flexibility index (Phi) is 6.38. The zero-order valence-corrected chi connectivity index (χ0v) is 10.1. The van der Waals surface area contributed by atoms with Crippen LogP contribution < -0.4 is 0 Å². The van der Waals surface area contributed by atoms with Crippen molar-refractivity contribution in [2.24, 2.45) is 5.92 Å². The summed E-state index contributed by atoms with van der Waals surface area (Å²) in [6, 6.07) is 0. The second kappa shape index (κ2) is 6.41. The molecule has 14 heavy (non-hydrogen) atoms. The van der Waals surface area contributed by atoms with Crippen LogP contribution >= 0.6 is 0 Å². The molecule has 2 nitrogen and oxygen atoms in total. The van der Waals surface area contributed by atoms with Crippen molar-refractivity contribution in [1.29, 1.82) is 0 Å². The van der Waals surface area contributed by atoms with Crippen molar-refractivity contribution < 1.29 is 10.2 Å². The highest BCUT2D eigenvalue weighted by atomic mass is 16.3. The van der Waals surface area contributed by atoms with Crippen LogP contribution in [0.1, 0.15) is 59.8 Å². The third-order valence-corrected chi connectivity index (χ3v) is 3.53. The Balaban J connectivity index is 4.06. The summed E-state index contributed by atoms with van der Waals surface area (Å²) in [7, 11) is 0. The molecule has 0 saturated heterocycles. The zero-order chi connectivity index (χ0) is 11.2. The second-order valence-electron chi connectivity index (χ2n) is 4.35. The molecule has 2 atom stereocenters. The van der Waals surface area contributed by atoms with Gasteiger partial charge in [0.15, 0.2) is 0 Å². The molecule has 0 rings (SSSR count). The maximum absolute atomic E-state index is 10.1. The van der Waals surface area contributed by atoms with Crippen molar-refractivity contribution >= 4 is 0 Å². The molecule has 0 amide bonds. The second-order valence-corrected chi connectivity index (χ2v) is 4.35. The number of rotatable bonds is 7. The quantitative estimate of drug-likeness (QED) is 0.666. The van der Waals surface area contributed by atoms with E-state index in [4.69, 9.17) is 0 Å². The minimum absolute atomic E-state index is 0.623. The average Bonchev–Trinajstić information content (AvgIpc) is 2.18. The van der Waals surface area contributed by atoms with E-state index in [0.29, 0.717) is 18.8 Å². The highest BCUT2D eigenvalue weighted by molar-refractivity contribution is 4.83. The number of hydrogen-bond donors (Lipinski definition) is 2. The first kappa shape index (κ1) is 13.9. The van der Waals surface area contributed by atoms with E-state index in [1.54, 1.807) is 6.92 Å². The molecule has 0 aromatic carbocycles. The lowest BCUT2D eigenvalue weighted by Crippen LogP contribution is -2.40. The minimum atomic E-state index is -0.872. The summed E-state index contributed by atoms with van der Waals surface area (Å²) in [5, 5.41) is 19.6. The summed E-state index contributed by atoms with van der Waals surface area (Å²) in [5.74, 6) is 0.687. The van der Waals surface area contributed by atoms with Crippen molar-refractivity contribution in [2.75, 3.05) is 0 Å². The van der Waals surface area contributed by atoms with Crippen LogP contribution in [0.3, 0.4) is 0 Å². The average molecular weight is 202 g/mol. The van der Waals surface area contributed by atoms with Gasteiger partial charge in [-0.3, -0.25) is 0 Å². The summed E-state index contributed by atoms with van der Waals surface area (Å²) < 4.78 is 0. The summed E-state index contributed by atoms with van der Waals surface area (Å²) in [6.07, 6.45) is 4.06. The van der Waals surface area contributed by atoms with Gasteiger partial charge in [-0.15, -0.1) is 0 Å². The van der Waals surface area contributed by atoms with Gasteiger partial charge >= 0.3 is 0 Å². The molecule has 86 valence electrons. The first-order valence-electron chi connectivity index (χ1n) is 5.90. The fourth-order valence-corrected chi connectivity index (χ4v) is 1.83. The Morgan fingerprint density at radius 2 is 1.64 bits per heavy atom. The lowest BCUT2D eigenvalue weighted by molar-refractivity contribution is -0.0773. The van der Waals surface area contributed by atoms with Crippen LogP contribution in [-0.2, 0) is 0 Å². The molecular formula is C12H26O2. The van der Waals surface area contributed by atoms with Gasteiger partial charge in [0.25, 0.3) is 0 Å². The molecule has 0 heterocycles. The number of hydrogen-bond acceptors (Lipinski definition) is 2. The minimum Gasteiger partial charge on any atom is -0.390 e. The van der Waals surface area contributed by atoms with Crippen LogP contribution in [0, 0.1) is 5.92 Å². The van der Waals surface area contributed by atoms with Gasteiger partial charge in [0.2, 0.25) is 0 Å². The maximum Gasteiger partial charge on any atom is 0.0900 e. The molecule has 0 saturated carbocycles. The van der Waals surface area contributed by atoms with Crippen LogP contribution in [0.5, 0.6) is 0 Å². The predicted molar refractivity (Wildman–Crippen MR) is 60.2 cm³/mol. The van der Waals surface area contributed by atoms with Crippen molar-refractivity contribution in [1.82, 2.24) is 0 Å². The standard InChI is InChI=1S/C12H26O2/c1-5-11(6-2)8-9-12(14,7-3)10(4)13/h10-11,13-14H,5-9H2,1-4H3. The molecule has 0 spiro atoms. The van der Waals surface area contributed by atoms with Gasteiger partial charge in [0, 0.05) is 0 Å². The van der Waals surface area contributed by atoms with E-state index in [0.717, 1.165) is 19.3 Å². The monoisotopic (exact) mass is 202 g/mol.